The molecule has 1 aliphatic rings. The van der Waals surface area contributed by atoms with Crippen LogP contribution in [0.2, 0.25) is 0 Å². The number of imide groups is 1. The first-order chi connectivity index (χ1) is 16.3. The number of carbonyl (C=O) groups is 3. The van der Waals surface area contributed by atoms with E-state index in [0.717, 1.165) is 21.2 Å². The highest BCUT2D eigenvalue weighted by Crippen LogP contribution is 2.38. The molecular weight excluding hydrogens is 434 g/mol. The van der Waals surface area contributed by atoms with Gasteiger partial charge in [-0.1, -0.05) is 48.5 Å². The molecule has 0 radical (unpaired) electrons. The number of hydrogen-bond acceptors (Lipinski definition) is 5. The van der Waals surface area contributed by atoms with Crippen LogP contribution in [-0.4, -0.2) is 51.9 Å². The number of amides is 3. The van der Waals surface area contributed by atoms with Crippen molar-refractivity contribution in [2.75, 3.05) is 13.2 Å². The maximum Gasteiger partial charge on any atom is 0.328 e. The number of urea groups is 1. The fourth-order valence-electron chi connectivity index (χ4n) is 4.28. The van der Waals surface area contributed by atoms with Gasteiger partial charge in [-0.15, -0.1) is 0 Å². The number of aliphatic carboxylic acids is 1. The summed E-state index contributed by atoms with van der Waals surface area (Å²) in [6.45, 7) is 3.18. The molecule has 0 bridgehead atoms. The number of carbonyl (C=O) groups excluding carboxylic acids is 2. The van der Waals surface area contributed by atoms with E-state index in [1.807, 2.05) is 42.5 Å². The fraction of sp³-hybridized carbons (Fsp3) is 0.231. The average Bonchev–Trinajstić information content (AvgIpc) is 3.00. The van der Waals surface area contributed by atoms with Crippen LogP contribution in [0.4, 0.5) is 4.79 Å². The van der Waals surface area contributed by atoms with Gasteiger partial charge in [0.15, 0.2) is 0 Å². The molecule has 34 heavy (non-hydrogen) atoms. The number of nitrogens with one attached hydrogen (secondary N) is 1. The molecule has 2 N–H and O–H groups in total. The quantitative estimate of drug-likeness (QED) is 0.316. The van der Waals surface area contributed by atoms with Crippen LogP contribution in [0.25, 0.3) is 10.8 Å². The number of carboxylic acid groups (broad SMARTS) is 1. The number of benzene rings is 3. The van der Waals surface area contributed by atoms with Gasteiger partial charge < -0.3 is 14.7 Å². The molecule has 8 heteroatoms. The molecule has 3 aromatic carbocycles. The summed E-state index contributed by atoms with van der Waals surface area (Å²) >= 11 is 0. The summed E-state index contributed by atoms with van der Waals surface area (Å²) < 4.78 is 5.23. The molecule has 3 aromatic rings. The van der Waals surface area contributed by atoms with Crippen molar-refractivity contribution in [3.63, 3.8) is 0 Å². The van der Waals surface area contributed by atoms with E-state index in [1.54, 1.807) is 38.1 Å². The Morgan fingerprint density at radius 1 is 1.03 bits per heavy atom. The zero-order valence-electron chi connectivity index (χ0n) is 18.9. The normalized spacial score (nSPS) is 17.9. The van der Waals surface area contributed by atoms with Gasteiger partial charge in [0.2, 0.25) is 5.90 Å². The smallest absolute Gasteiger partial charge is 0.328 e. The van der Waals surface area contributed by atoms with Crippen LogP contribution in [0.3, 0.4) is 0 Å². The lowest BCUT2D eigenvalue weighted by atomic mass is 9.89. The van der Waals surface area contributed by atoms with Crippen molar-refractivity contribution in [2.45, 2.75) is 25.9 Å². The molecule has 1 saturated heterocycles. The van der Waals surface area contributed by atoms with Crippen LogP contribution in [-0.2, 0) is 26.4 Å². The third-order valence-electron chi connectivity index (χ3n) is 6.11. The van der Waals surface area contributed by atoms with E-state index < -0.39 is 30.0 Å². The van der Waals surface area contributed by atoms with Crippen LogP contribution in [0.5, 0.6) is 0 Å². The second kappa shape index (κ2) is 8.97. The maximum atomic E-state index is 13.4. The summed E-state index contributed by atoms with van der Waals surface area (Å²) in [6.07, 6.45) is 0. The number of carboxylic acids is 1. The van der Waals surface area contributed by atoms with Gasteiger partial charge in [-0.3, -0.25) is 19.9 Å². The molecule has 4 rings (SSSR count). The molecular formula is C26H25N3O5. The Kier molecular flexibility index (Phi) is 6.06. The zero-order chi connectivity index (χ0) is 24.5. The lowest BCUT2D eigenvalue weighted by Gasteiger charge is -2.32. The Bertz CT molecular complexity index is 1290. The molecule has 174 valence electrons. The fourth-order valence-corrected chi connectivity index (χ4v) is 4.28. The van der Waals surface area contributed by atoms with Gasteiger partial charge in [0, 0.05) is 12.1 Å². The lowest BCUT2D eigenvalue weighted by Crippen LogP contribution is -2.44. The molecule has 0 saturated carbocycles. The molecule has 0 aliphatic carbocycles. The summed E-state index contributed by atoms with van der Waals surface area (Å²) in [5.74, 6) is -1.86. The summed E-state index contributed by atoms with van der Waals surface area (Å²) in [7, 11) is 0. The average molecular weight is 460 g/mol. The first-order valence-corrected chi connectivity index (χ1v) is 10.9. The minimum Gasteiger partial charge on any atom is -0.480 e. The molecule has 3 amide bonds. The SMILES string of the molecule is CCOC(=N)c1ccc([C@@]2(C)C(=O)N(CC(=O)O)C(=O)N2Cc2ccc3ccccc3c2)cc1. The molecule has 1 fully saturated rings. The van der Waals surface area contributed by atoms with Gasteiger partial charge in [0.05, 0.1) is 6.61 Å². The molecule has 0 unspecified atom stereocenters. The number of fused-ring (bicyclic) bond motifs is 1. The van der Waals surface area contributed by atoms with Gasteiger partial charge in [-0.25, -0.2) is 4.79 Å². The Balaban J connectivity index is 1.74. The van der Waals surface area contributed by atoms with E-state index in [2.05, 4.69) is 0 Å². The monoisotopic (exact) mass is 459 g/mol. The Labute approximate surface area is 196 Å². The lowest BCUT2D eigenvalue weighted by molar-refractivity contribution is -0.143. The minimum absolute atomic E-state index is 0.00792. The summed E-state index contributed by atoms with van der Waals surface area (Å²) in [5, 5.41) is 19.3. The van der Waals surface area contributed by atoms with E-state index >= 15 is 0 Å². The number of rotatable bonds is 7. The first kappa shape index (κ1) is 23.0. The molecule has 1 aliphatic heterocycles. The molecule has 0 spiro atoms. The molecule has 1 heterocycles. The first-order valence-electron chi connectivity index (χ1n) is 10.9. The van der Waals surface area contributed by atoms with Crippen molar-refractivity contribution >= 4 is 34.6 Å². The van der Waals surface area contributed by atoms with E-state index in [1.165, 1.54) is 4.90 Å². The Hall–Kier alpha value is -4.20. The van der Waals surface area contributed by atoms with Gasteiger partial charge in [-0.2, -0.15) is 0 Å². The number of ether oxygens (including phenoxy) is 1. The number of hydrogen-bond donors (Lipinski definition) is 2. The number of nitrogens with zero attached hydrogens (tertiary/aromatic N) is 2. The highest BCUT2D eigenvalue weighted by Gasteiger charge is 2.55. The minimum atomic E-state index is -1.41. The van der Waals surface area contributed by atoms with E-state index in [0.29, 0.717) is 17.7 Å². The molecule has 1 atom stereocenters. The van der Waals surface area contributed by atoms with Crippen molar-refractivity contribution in [1.29, 1.82) is 5.41 Å². The third-order valence-corrected chi connectivity index (χ3v) is 6.11. The van der Waals surface area contributed by atoms with Gasteiger partial charge in [0.25, 0.3) is 5.91 Å². The van der Waals surface area contributed by atoms with Crippen molar-refractivity contribution in [3.8, 4) is 0 Å². The Morgan fingerprint density at radius 2 is 1.71 bits per heavy atom. The van der Waals surface area contributed by atoms with Crippen LogP contribution in [0.15, 0.2) is 66.7 Å². The van der Waals surface area contributed by atoms with Gasteiger partial charge in [0.1, 0.15) is 12.1 Å². The topological polar surface area (TPSA) is 111 Å². The summed E-state index contributed by atoms with van der Waals surface area (Å²) in [6, 6.07) is 19.6. The second-order valence-electron chi connectivity index (χ2n) is 8.25. The highest BCUT2D eigenvalue weighted by molar-refractivity contribution is 6.08. The van der Waals surface area contributed by atoms with Gasteiger partial charge in [-0.05, 0) is 53.9 Å². The van der Waals surface area contributed by atoms with Crippen molar-refractivity contribution in [2.24, 2.45) is 0 Å². The summed E-state index contributed by atoms with van der Waals surface area (Å²) in [4.78, 5) is 40.3. The predicted octanol–water partition coefficient (Wildman–Crippen LogP) is 3.97. The van der Waals surface area contributed by atoms with Crippen LogP contribution >= 0.6 is 0 Å². The second-order valence-corrected chi connectivity index (χ2v) is 8.25. The highest BCUT2D eigenvalue weighted by atomic mass is 16.5. The van der Waals surface area contributed by atoms with Crippen LogP contribution in [0.1, 0.15) is 30.5 Å². The maximum absolute atomic E-state index is 13.4. The third kappa shape index (κ3) is 3.98. The molecule has 0 aromatic heterocycles. The van der Waals surface area contributed by atoms with Crippen molar-refractivity contribution < 1.29 is 24.2 Å². The predicted molar refractivity (Wildman–Crippen MR) is 126 cm³/mol. The van der Waals surface area contributed by atoms with E-state index in [9.17, 15) is 19.5 Å². The van der Waals surface area contributed by atoms with Gasteiger partial charge >= 0.3 is 12.0 Å². The van der Waals surface area contributed by atoms with Crippen LogP contribution in [0, 0.1) is 5.41 Å². The van der Waals surface area contributed by atoms with Crippen LogP contribution < -0.4 is 0 Å². The van der Waals surface area contributed by atoms with Crippen molar-refractivity contribution in [3.05, 3.63) is 83.4 Å². The Morgan fingerprint density at radius 3 is 2.35 bits per heavy atom. The van der Waals surface area contributed by atoms with Crippen molar-refractivity contribution in [1.82, 2.24) is 9.80 Å². The van der Waals surface area contributed by atoms with E-state index in [4.69, 9.17) is 10.1 Å². The molecule has 8 nitrogen and oxygen atoms in total. The summed E-state index contributed by atoms with van der Waals surface area (Å²) in [5.41, 5.74) is 0.463. The standard InChI is InChI=1S/C26H25N3O5/c1-3-34-23(27)19-10-12-21(13-11-19)26(2)24(32)28(16-22(30)31)25(33)29(26)15-17-8-9-18-6-4-5-7-20(18)14-17/h4-14,27H,3,15-16H2,1-2H3,(H,30,31)/t26-/m0/s1. The van der Waals surface area contributed by atoms with E-state index in [-0.39, 0.29) is 12.4 Å². The zero-order valence-corrected chi connectivity index (χ0v) is 18.9. The largest absolute Gasteiger partial charge is 0.480 e.